The monoisotopic (exact) mass is 235 g/mol. The Morgan fingerprint density at radius 2 is 2.06 bits per heavy atom. The first kappa shape index (κ1) is 9.53. The number of aromatic nitrogens is 2. The van der Waals surface area contributed by atoms with Crippen molar-refractivity contribution in [2.45, 2.75) is 6.17 Å². The van der Waals surface area contributed by atoms with Gasteiger partial charge in [0.2, 0.25) is 0 Å². The molecule has 3 aromatic rings. The summed E-state index contributed by atoms with van der Waals surface area (Å²) >= 11 is 0. The average molecular weight is 235 g/mol. The third-order valence-electron chi connectivity index (χ3n) is 3.26. The van der Waals surface area contributed by atoms with Crippen LogP contribution in [0.1, 0.15) is 11.7 Å². The van der Waals surface area contributed by atoms with Crippen molar-refractivity contribution in [1.29, 1.82) is 0 Å². The minimum Gasteiger partial charge on any atom is -0.360 e. The number of nitrogens with one attached hydrogen (secondary N) is 3. The second-order valence-electron chi connectivity index (χ2n) is 4.34. The van der Waals surface area contributed by atoms with E-state index in [1.807, 2.05) is 30.3 Å². The number of para-hydroxylation sites is 1. The Balaban J connectivity index is 1.80. The van der Waals surface area contributed by atoms with E-state index in [1.54, 1.807) is 6.33 Å². The number of H-pyrrole nitrogens is 1. The topological polar surface area (TPSA) is 52.7 Å². The minimum absolute atomic E-state index is 0.0581. The molecule has 0 saturated carbocycles. The zero-order valence-corrected chi connectivity index (χ0v) is 9.57. The lowest BCUT2D eigenvalue weighted by atomic mass is 10.1. The van der Waals surface area contributed by atoms with Crippen LogP contribution in [0.4, 0.5) is 11.4 Å². The maximum atomic E-state index is 4.38. The Morgan fingerprint density at radius 1 is 1.11 bits per heavy atom. The van der Waals surface area contributed by atoms with Crippen LogP contribution in [0.2, 0.25) is 0 Å². The van der Waals surface area contributed by atoms with E-state index in [0.717, 1.165) is 28.0 Å². The maximum Gasteiger partial charge on any atom is 0.125 e. The molecule has 0 aliphatic carbocycles. The number of nitrogens with zero attached hydrogens (tertiary/aromatic N) is 1. The van der Waals surface area contributed by atoms with Crippen molar-refractivity contribution in [3.05, 3.63) is 54.4 Å². The van der Waals surface area contributed by atoms with Crippen molar-refractivity contribution in [1.82, 2.24) is 9.97 Å². The van der Waals surface area contributed by atoms with Gasteiger partial charge < -0.3 is 15.6 Å². The highest BCUT2D eigenvalue weighted by molar-refractivity contribution is 5.82. The van der Waals surface area contributed by atoms with Crippen LogP contribution in [0.5, 0.6) is 0 Å². The van der Waals surface area contributed by atoms with Crippen LogP contribution in [-0.4, -0.2) is 9.97 Å². The highest BCUT2D eigenvalue weighted by atomic mass is 15.2. The molecule has 1 unspecified atom stereocenters. The standard InChI is InChI=1S/C14H11N4/c1-2-6-11-10(5-1)17-14(18-11)9-4-3-7-12-13(9)16-8-15-12/h1,3-8,14,17-18H,(H,15,16). The van der Waals surface area contributed by atoms with Gasteiger partial charge in [0.25, 0.3) is 0 Å². The van der Waals surface area contributed by atoms with E-state index in [9.17, 15) is 0 Å². The number of aromatic amines is 1. The van der Waals surface area contributed by atoms with Crippen molar-refractivity contribution in [2.75, 3.05) is 10.6 Å². The number of rotatable bonds is 1. The molecule has 4 rings (SSSR count). The molecule has 18 heavy (non-hydrogen) atoms. The molecule has 0 fully saturated rings. The average Bonchev–Trinajstić information content (AvgIpc) is 3.04. The van der Waals surface area contributed by atoms with Crippen molar-refractivity contribution in [3.8, 4) is 0 Å². The zero-order chi connectivity index (χ0) is 11.9. The van der Waals surface area contributed by atoms with Gasteiger partial charge in [-0.1, -0.05) is 18.2 Å². The van der Waals surface area contributed by atoms with Gasteiger partial charge in [0.05, 0.1) is 28.7 Å². The summed E-state index contributed by atoms with van der Waals surface area (Å²) in [6, 6.07) is 15.1. The zero-order valence-electron chi connectivity index (χ0n) is 9.57. The summed E-state index contributed by atoms with van der Waals surface area (Å²) in [5, 5.41) is 6.88. The van der Waals surface area contributed by atoms with Crippen LogP contribution in [0.25, 0.3) is 11.0 Å². The van der Waals surface area contributed by atoms with Crippen LogP contribution < -0.4 is 10.6 Å². The van der Waals surface area contributed by atoms with E-state index in [4.69, 9.17) is 0 Å². The van der Waals surface area contributed by atoms with Crippen LogP contribution in [0.15, 0.2) is 42.7 Å². The van der Waals surface area contributed by atoms with Gasteiger partial charge in [-0.3, -0.25) is 0 Å². The third kappa shape index (κ3) is 1.29. The molecule has 1 aromatic heterocycles. The number of hydrogen-bond acceptors (Lipinski definition) is 3. The Hall–Kier alpha value is -2.49. The summed E-state index contributed by atoms with van der Waals surface area (Å²) in [4.78, 5) is 7.51. The Labute approximate surface area is 104 Å². The number of anilines is 2. The van der Waals surface area contributed by atoms with E-state index < -0.39 is 0 Å². The first-order valence-corrected chi connectivity index (χ1v) is 5.87. The summed E-state index contributed by atoms with van der Waals surface area (Å²) in [5.74, 6) is 0. The van der Waals surface area contributed by atoms with Gasteiger partial charge in [0, 0.05) is 5.56 Å². The van der Waals surface area contributed by atoms with Crippen molar-refractivity contribution in [2.24, 2.45) is 0 Å². The van der Waals surface area contributed by atoms with E-state index >= 15 is 0 Å². The first-order chi connectivity index (χ1) is 8.92. The fourth-order valence-corrected chi connectivity index (χ4v) is 2.40. The molecule has 2 heterocycles. The molecule has 1 aliphatic heterocycles. The van der Waals surface area contributed by atoms with Gasteiger partial charge in [-0.25, -0.2) is 4.98 Å². The molecule has 0 spiro atoms. The van der Waals surface area contributed by atoms with Crippen molar-refractivity contribution < 1.29 is 0 Å². The molecular weight excluding hydrogens is 224 g/mol. The van der Waals surface area contributed by atoms with Crippen LogP contribution in [-0.2, 0) is 0 Å². The van der Waals surface area contributed by atoms with Gasteiger partial charge in [-0.2, -0.15) is 0 Å². The normalized spacial score (nSPS) is 14.2. The molecule has 1 aliphatic rings. The minimum atomic E-state index is 0.0581. The Bertz CT molecular complexity index is 691. The lowest BCUT2D eigenvalue weighted by Gasteiger charge is -2.13. The second-order valence-corrected chi connectivity index (χ2v) is 4.34. The second kappa shape index (κ2) is 3.50. The molecule has 3 N–H and O–H groups in total. The molecule has 1 atom stereocenters. The van der Waals surface area contributed by atoms with Gasteiger partial charge in [0.1, 0.15) is 6.17 Å². The summed E-state index contributed by atoms with van der Waals surface area (Å²) < 4.78 is 0. The maximum absolute atomic E-state index is 4.38. The van der Waals surface area contributed by atoms with Crippen molar-refractivity contribution in [3.63, 3.8) is 0 Å². The van der Waals surface area contributed by atoms with E-state index in [1.165, 1.54) is 0 Å². The van der Waals surface area contributed by atoms with E-state index in [-0.39, 0.29) is 6.17 Å². The molecule has 0 saturated heterocycles. The molecule has 0 bridgehead atoms. The Morgan fingerprint density at radius 3 is 3.00 bits per heavy atom. The van der Waals surface area contributed by atoms with Gasteiger partial charge in [-0.05, 0) is 24.3 Å². The lowest BCUT2D eigenvalue weighted by molar-refractivity contribution is 0.949. The summed E-state index contributed by atoms with van der Waals surface area (Å²) in [6.45, 7) is 0. The highest BCUT2D eigenvalue weighted by Crippen LogP contribution is 2.36. The summed E-state index contributed by atoms with van der Waals surface area (Å²) in [6.07, 6.45) is 1.78. The van der Waals surface area contributed by atoms with Crippen molar-refractivity contribution >= 4 is 22.4 Å². The van der Waals surface area contributed by atoms with Crippen LogP contribution in [0.3, 0.4) is 0 Å². The number of hydrogen-bond donors (Lipinski definition) is 3. The predicted octanol–water partition coefficient (Wildman–Crippen LogP) is 2.90. The summed E-state index contributed by atoms with van der Waals surface area (Å²) in [7, 11) is 0. The smallest absolute Gasteiger partial charge is 0.125 e. The largest absolute Gasteiger partial charge is 0.360 e. The molecule has 0 amide bonds. The molecule has 87 valence electrons. The third-order valence-corrected chi connectivity index (χ3v) is 3.26. The fraction of sp³-hybridized carbons (Fsp3) is 0.0714. The molecule has 1 radical (unpaired) electrons. The van der Waals surface area contributed by atoms with Gasteiger partial charge in [0.15, 0.2) is 0 Å². The molecular formula is C14H11N4. The number of benzene rings is 2. The number of fused-ring (bicyclic) bond motifs is 2. The first-order valence-electron chi connectivity index (χ1n) is 5.87. The molecule has 2 aromatic carbocycles. The SMILES string of the molecule is [c]1ccc2c(c1)NC(c1cccc3[nH]cnc13)N2. The van der Waals surface area contributed by atoms with E-state index in [2.05, 4.69) is 32.7 Å². The van der Waals surface area contributed by atoms with E-state index in [0.29, 0.717) is 0 Å². The highest BCUT2D eigenvalue weighted by Gasteiger charge is 2.22. The summed E-state index contributed by atoms with van der Waals surface area (Å²) in [5.41, 5.74) is 5.38. The lowest BCUT2D eigenvalue weighted by Crippen LogP contribution is -2.12. The molecule has 4 nitrogen and oxygen atoms in total. The van der Waals surface area contributed by atoms with Crippen LogP contribution >= 0.6 is 0 Å². The quantitative estimate of drug-likeness (QED) is 0.608. The van der Waals surface area contributed by atoms with Gasteiger partial charge >= 0.3 is 0 Å². The Kier molecular flexibility index (Phi) is 1.85. The van der Waals surface area contributed by atoms with Gasteiger partial charge in [-0.15, -0.1) is 0 Å². The predicted molar refractivity (Wildman–Crippen MR) is 71.4 cm³/mol. The van der Waals surface area contributed by atoms with Crippen LogP contribution in [0, 0.1) is 6.07 Å². The fourth-order valence-electron chi connectivity index (χ4n) is 2.40. The molecule has 4 heteroatoms. The number of imidazole rings is 1.